The number of unbranched alkanes of at least 4 members (excludes halogenated alkanes) is 7. The van der Waals surface area contributed by atoms with E-state index >= 15 is 0 Å². The maximum absolute atomic E-state index is 10.7. The van der Waals surface area contributed by atoms with Gasteiger partial charge in [-0.05, 0) is 12.8 Å². The van der Waals surface area contributed by atoms with Crippen LogP contribution in [0.25, 0.3) is 0 Å². The predicted molar refractivity (Wildman–Crippen MR) is 63.6 cm³/mol. The van der Waals surface area contributed by atoms with Gasteiger partial charge in [0.2, 0.25) is 0 Å². The number of esters is 1. The highest BCUT2D eigenvalue weighted by Crippen LogP contribution is 2.08. The maximum Gasteiger partial charge on any atom is 0.330 e. The zero-order valence-corrected chi connectivity index (χ0v) is 10.1. The molecule has 0 N–H and O–H groups in total. The van der Waals surface area contributed by atoms with Gasteiger partial charge < -0.3 is 4.74 Å². The van der Waals surface area contributed by atoms with Crippen LogP contribution in [0, 0.1) is 0 Å². The SMILES string of the molecule is C=CC(=O)OCCCCCCCCCC[O]. The van der Waals surface area contributed by atoms with E-state index in [0.717, 1.165) is 25.7 Å². The molecule has 0 unspecified atom stereocenters. The van der Waals surface area contributed by atoms with E-state index in [0.29, 0.717) is 6.61 Å². The van der Waals surface area contributed by atoms with Gasteiger partial charge in [-0.1, -0.05) is 45.1 Å². The molecular formula is C13H23O3. The predicted octanol–water partition coefficient (Wildman–Crippen LogP) is 3.27. The van der Waals surface area contributed by atoms with Crippen LogP contribution in [-0.2, 0) is 14.6 Å². The fraction of sp³-hybridized carbons (Fsp3) is 0.769. The Kier molecular flexibility index (Phi) is 11.6. The summed E-state index contributed by atoms with van der Waals surface area (Å²) in [6.45, 7) is 3.89. The molecule has 0 spiro atoms. The quantitative estimate of drug-likeness (QED) is 0.309. The Labute approximate surface area is 98.5 Å². The van der Waals surface area contributed by atoms with E-state index in [1.54, 1.807) is 0 Å². The summed E-state index contributed by atoms with van der Waals surface area (Å²) in [5.41, 5.74) is 0. The largest absolute Gasteiger partial charge is 0.463 e. The van der Waals surface area contributed by atoms with Gasteiger partial charge in [-0.2, -0.15) is 0 Å². The van der Waals surface area contributed by atoms with Gasteiger partial charge in [0, 0.05) is 6.08 Å². The Balaban J connectivity index is 2.98. The average molecular weight is 227 g/mol. The first-order valence-corrected chi connectivity index (χ1v) is 6.18. The molecule has 0 aromatic rings. The second kappa shape index (κ2) is 12.2. The second-order valence-corrected chi connectivity index (χ2v) is 3.90. The first-order chi connectivity index (χ1) is 7.81. The minimum atomic E-state index is -0.336. The van der Waals surface area contributed by atoms with Crippen molar-refractivity contribution in [1.82, 2.24) is 0 Å². The van der Waals surface area contributed by atoms with E-state index in [4.69, 9.17) is 4.74 Å². The summed E-state index contributed by atoms with van der Waals surface area (Å²) >= 11 is 0. The minimum absolute atomic E-state index is 0.0642. The number of rotatable bonds is 11. The molecule has 0 fully saturated rings. The summed E-state index contributed by atoms with van der Waals surface area (Å²) in [6.07, 6.45) is 9.90. The molecule has 16 heavy (non-hydrogen) atoms. The van der Waals surface area contributed by atoms with Crippen molar-refractivity contribution in [1.29, 1.82) is 0 Å². The van der Waals surface area contributed by atoms with Crippen molar-refractivity contribution in [2.45, 2.75) is 51.4 Å². The molecule has 0 heterocycles. The lowest BCUT2D eigenvalue weighted by molar-refractivity contribution is -0.137. The maximum atomic E-state index is 10.7. The Hall–Kier alpha value is -0.830. The van der Waals surface area contributed by atoms with Crippen LogP contribution in [-0.4, -0.2) is 19.2 Å². The number of hydrogen-bond donors (Lipinski definition) is 0. The molecule has 93 valence electrons. The van der Waals surface area contributed by atoms with Crippen molar-refractivity contribution in [3.05, 3.63) is 12.7 Å². The van der Waals surface area contributed by atoms with Crippen molar-refractivity contribution in [2.24, 2.45) is 0 Å². The van der Waals surface area contributed by atoms with Crippen molar-refractivity contribution in [3.63, 3.8) is 0 Å². The molecular weight excluding hydrogens is 204 g/mol. The molecule has 3 nitrogen and oxygen atoms in total. The van der Waals surface area contributed by atoms with Gasteiger partial charge in [0.1, 0.15) is 0 Å². The lowest BCUT2D eigenvalue weighted by atomic mass is 10.1. The van der Waals surface area contributed by atoms with E-state index in [9.17, 15) is 9.90 Å². The fourth-order valence-electron chi connectivity index (χ4n) is 1.50. The molecule has 1 radical (unpaired) electrons. The van der Waals surface area contributed by atoms with Crippen LogP contribution < -0.4 is 0 Å². The molecule has 0 aliphatic carbocycles. The van der Waals surface area contributed by atoms with Gasteiger partial charge in [0.15, 0.2) is 0 Å². The van der Waals surface area contributed by atoms with Crippen molar-refractivity contribution in [2.75, 3.05) is 13.2 Å². The summed E-state index contributed by atoms with van der Waals surface area (Å²) < 4.78 is 4.86. The molecule has 0 rings (SSSR count). The second-order valence-electron chi connectivity index (χ2n) is 3.90. The van der Waals surface area contributed by atoms with Crippen LogP contribution in [0.3, 0.4) is 0 Å². The third-order valence-electron chi connectivity index (χ3n) is 2.45. The molecule has 0 atom stereocenters. The van der Waals surface area contributed by atoms with Gasteiger partial charge in [-0.3, -0.25) is 0 Å². The highest BCUT2D eigenvalue weighted by atomic mass is 16.5. The summed E-state index contributed by atoms with van der Waals surface area (Å²) in [7, 11) is 0. The van der Waals surface area contributed by atoms with Crippen LogP contribution in [0.15, 0.2) is 12.7 Å². The van der Waals surface area contributed by atoms with E-state index < -0.39 is 0 Å². The van der Waals surface area contributed by atoms with Crippen LogP contribution in [0.4, 0.5) is 0 Å². The molecule has 3 heteroatoms. The summed E-state index contributed by atoms with van der Waals surface area (Å²) in [5.74, 6) is -0.336. The van der Waals surface area contributed by atoms with E-state index in [1.807, 2.05) is 0 Å². The number of carbonyl (C=O) groups is 1. The van der Waals surface area contributed by atoms with E-state index in [2.05, 4.69) is 6.58 Å². The summed E-state index contributed by atoms with van der Waals surface area (Å²) in [4.78, 5) is 10.7. The van der Waals surface area contributed by atoms with Crippen molar-refractivity contribution >= 4 is 5.97 Å². The molecule has 0 aromatic carbocycles. The monoisotopic (exact) mass is 227 g/mol. The highest BCUT2D eigenvalue weighted by Gasteiger charge is 1.95. The van der Waals surface area contributed by atoms with Gasteiger partial charge in [-0.25, -0.2) is 9.90 Å². The van der Waals surface area contributed by atoms with Gasteiger partial charge in [0.05, 0.1) is 13.2 Å². The first-order valence-electron chi connectivity index (χ1n) is 6.18. The first kappa shape index (κ1) is 15.2. The van der Waals surface area contributed by atoms with E-state index in [1.165, 1.54) is 31.8 Å². The zero-order valence-electron chi connectivity index (χ0n) is 10.1. The summed E-state index contributed by atoms with van der Waals surface area (Å²) in [6, 6.07) is 0. The molecule has 0 aliphatic rings. The lowest BCUT2D eigenvalue weighted by Gasteiger charge is -2.02. The Morgan fingerprint density at radius 1 is 0.938 bits per heavy atom. The van der Waals surface area contributed by atoms with Crippen LogP contribution >= 0.6 is 0 Å². The third kappa shape index (κ3) is 11.2. The van der Waals surface area contributed by atoms with Gasteiger partial charge in [0.25, 0.3) is 0 Å². The molecule has 0 aliphatic heterocycles. The van der Waals surface area contributed by atoms with Gasteiger partial charge in [-0.15, -0.1) is 0 Å². The van der Waals surface area contributed by atoms with Gasteiger partial charge >= 0.3 is 5.97 Å². The Morgan fingerprint density at radius 2 is 1.44 bits per heavy atom. The topological polar surface area (TPSA) is 46.2 Å². The molecule has 0 aromatic heterocycles. The third-order valence-corrected chi connectivity index (χ3v) is 2.45. The zero-order chi connectivity index (χ0) is 12.1. The smallest absolute Gasteiger partial charge is 0.330 e. The van der Waals surface area contributed by atoms with Crippen LogP contribution in [0.2, 0.25) is 0 Å². The van der Waals surface area contributed by atoms with Crippen LogP contribution in [0.1, 0.15) is 51.4 Å². The Bertz CT molecular complexity index is 178. The fourth-order valence-corrected chi connectivity index (χ4v) is 1.50. The Morgan fingerprint density at radius 3 is 1.94 bits per heavy atom. The standard InChI is InChI=1S/C13H23O3/c1-2-13(15)16-12-10-8-6-4-3-5-7-9-11-14/h2H,1,3-12H2. The van der Waals surface area contributed by atoms with Crippen LogP contribution in [0.5, 0.6) is 0 Å². The van der Waals surface area contributed by atoms with Crippen molar-refractivity contribution < 1.29 is 14.6 Å². The summed E-state index contributed by atoms with van der Waals surface area (Å²) in [5, 5.41) is 10.2. The molecule has 0 saturated carbocycles. The molecule has 0 saturated heterocycles. The minimum Gasteiger partial charge on any atom is -0.463 e. The number of ether oxygens (including phenoxy) is 1. The van der Waals surface area contributed by atoms with Crippen molar-refractivity contribution in [3.8, 4) is 0 Å². The molecule has 0 amide bonds. The number of carbonyl (C=O) groups excluding carboxylic acids is 1. The average Bonchev–Trinajstić information content (AvgIpc) is 2.31. The van der Waals surface area contributed by atoms with E-state index in [-0.39, 0.29) is 12.6 Å². The highest BCUT2D eigenvalue weighted by molar-refractivity contribution is 5.81. The molecule has 0 bridgehead atoms. The normalized spacial score (nSPS) is 10.1. The lowest BCUT2D eigenvalue weighted by Crippen LogP contribution is -2.01. The number of hydrogen-bond acceptors (Lipinski definition) is 2.